The molecule has 0 radical (unpaired) electrons. The van der Waals surface area contributed by atoms with E-state index in [9.17, 15) is 0 Å². The number of hydrogen-bond acceptors (Lipinski definition) is 4. The lowest BCUT2D eigenvalue weighted by atomic mass is 11.7. The van der Waals surface area contributed by atoms with Crippen molar-refractivity contribution in [2.24, 2.45) is 11.7 Å². The number of carbonyl (C=O) groups is 1. The Labute approximate surface area is 41.0 Å². The molecular weight excluding hydrogens is 102 g/mol. The van der Waals surface area contributed by atoms with Gasteiger partial charge in [-0.1, -0.05) is 0 Å². The second kappa shape index (κ2) is 1030. The molecule has 0 aromatic rings. The zero-order chi connectivity index (χ0) is 4.71. The van der Waals surface area contributed by atoms with E-state index < -0.39 is 0 Å². The third-order valence-electron chi connectivity index (χ3n) is 0. The van der Waals surface area contributed by atoms with E-state index in [4.69, 9.17) is 9.90 Å². The van der Waals surface area contributed by atoms with Gasteiger partial charge in [-0.25, -0.2) is 0 Å². The fraction of sp³-hybridized carbons (Fsp3) is 0. The van der Waals surface area contributed by atoms with Crippen LogP contribution in [0.5, 0.6) is 0 Å². The Kier molecular flexibility index (Phi) is 4890. The normalized spacial score (nSPS) is 2.57. The maximum absolute atomic E-state index is 8.36. The highest BCUT2D eigenvalue weighted by Crippen LogP contribution is 0.966. The van der Waals surface area contributed by atoms with Crippen LogP contribution in [0, 0.1) is 0 Å². The summed E-state index contributed by atoms with van der Waals surface area (Å²) in [7, 11) is 0. The average Bonchev–Trinajstić information content (AvgIpc) is 1.46. The summed E-state index contributed by atoms with van der Waals surface area (Å²) >= 11 is 0. The summed E-state index contributed by atoms with van der Waals surface area (Å²) in [4.78, 5) is 8.36. The first kappa shape index (κ1) is 33.3. The molecule has 0 spiro atoms. The highest BCUT2D eigenvalue weighted by molar-refractivity contribution is 5.32. The summed E-state index contributed by atoms with van der Waals surface area (Å²) in [6.45, 7) is -0.250. The van der Waals surface area contributed by atoms with Crippen molar-refractivity contribution in [3.05, 3.63) is 0 Å². The Morgan fingerprint density at radius 1 is 1.43 bits per heavy atom. The van der Waals surface area contributed by atoms with E-state index >= 15 is 0 Å². The first-order valence-corrected chi connectivity index (χ1v) is 0.827. The maximum Gasteiger partial charge on any atom is 0.290 e. The molecule has 7 heavy (non-hydrogen) atoms. The predicted molar refractivity (Wildman–Crippen MR) is 25.7 cm³/mol. The largest absolute Gasteiger partial charge is 0.483 e. The first-order chi connectivity index (χ1) is 2.41. The van der Waals surface area contributed by atoms with Gasteiger partial charge in [-0.3, -0.25) is 16.5 Å². The van der Waals surface area contributed by atoms with Gasteiger partial charge >= 0.3 is 0 Å². The van der Waals surface area contributed by atoms with Gasteiger partial charge in [0.2, 0.25) is 0 Å². The molecule has 0 aromatic heterocycles. The van der Waals surface area contributed by atoms with E-state index in [0.717, 1.165) is 0 Å². The van der Waals surface area contributed by atoms with E-state index in [1.54, 1.807) is 0 Å². The fourth-order valence-electron chi connectivity index (χ4n) is 0. The molecule has 0 aliphatic rings. The van der Waals surface area contributed by atoms with Gasteiger partial charge in [0.1, 0.15) is 0 Å². The second-order valence-corrected chi connectivity index (χ2v) is 0.105. The molecule has 6 nitrogen and oxygen atoms in total. The molecule has 0 unspecified atom stereocenters. The van der Waals surface area contributed by atoms with Gasteiger partial charge in [0.25, 0.3) is 6.47 Å². The zero-order valence-corrected chi connectivity index (χ0v) is 3.79. The van der Waals surface area contributed by atoms with Crippen molar-refractivity contribution in [2.75, 3.05) is 0 Å². The molecule has 0 rings (SSSR count). The lowest BCUT2D eigenvalue weighted by Crippen LogP contribution is -2.02. The minimum atomic E-state index is -0.250. The summed E-state index contributed by atoms with van der Waals surface area (Å²) in [5.74, 6) is 8.00. The smallest absolute Gasteiger partial charge is 0.290 e. The molecule has 6 heteroatoms. The Morgan fingerprint density at radius 2 is 1.43 bits per heavy atom. The number of hydrogen-bond donors (Lipinski definition) is 4. The first-order valence-electron chi connectivity index (χ1n) is 0.827. The van der Waals surface area contributed by atoms with Crippen LogP contribution in [0.15, 0.2) is 0 Å². The Morgan fingerprint density at radius 3 is 1.43 bits per heavy atom. The average molecular weight is 113 g/mol. The van der Waals surface area contributed by atoms with Gasteiger partial charge in [-0.15, -0.1) is 0 Å². The summed E-state index contributed by atoms with van der Waals surface area (Å²) in [5, 5.41) is 6.89. The lowest BCUT2D eigenvalue weighted by molar-refractivity contribution is -0.122. The zero-order valence-electron chi connectivity index (χ0n) is 3.79. The topological polar surface area (TPSA) is 156 Å². The molecule has 0 saturated carbocycles. The van der Waals surface area contributed by atoms with E-state index in [2.05, 4.69) is 11.7 Å². The number of carboxylic acid groups (broad SMARTS) is 1. The Bertz CT molecular complexity index is 17.7. The van der Waals surface area contributed by atoms with Gasteiger partial charge in [0.05, 0.1) is 0 Å². The lowest BCUT2D eigenvalue weighted by Gasteiger charge is -1.34. The van der Waals surface area contributed by atoms with Gasteiger partial charge in [-0.2, -0.15) is 0 Å². The molecule has 0 fully saturated rings. The van der Waals surface area contributed by atoms with Crippen molar-refractivity contribution in [1.29, 1.82) is 0 Å². The van der Waals surface area contributed by atoms with Crippen LogP contribution in [0.25, 0.3) is 0 Å². The van der Waals surface area contributed by atoms with Crippen molar-refractivity contribution in [3.63, 3.8) is 0 Å². The molecule has 0 aromatic carbocycles. The summed E-state index contributed by atoms with van der Waals surface area (Å²) in [6.07, 6.45) is 0. The van der Waals surface area contributed by atoms with Gasteiger partial charge in [0.15, 0.2) is 0 Å². The molecule has 0 bridgehead atoms. The molecule has 0 heterocycles. The fourth-order valence-corrected chi connectivity index (χ4v) is 0. The van der Waals surface area contributed by atoms with Crippen molar-refractivity contribution in [1.82, 2.24) is 6.15 Å². The highest BCUT2D eigenvalue weighted by atomic mass is 16.3. The van der Waals surface area contributed by atoms with E-state index in [1.165, 1.54) is 0 Å². The van der Waals surface area contributed by atoms with Crippen LogP contribution < -0.4 is 17.8 Å². The number of rotatable bonds is 0. The second-order valence-electron chi connectivity index (χ2n) is 0.105. The summed E-state index contributed by atoms with van der Waals surface area (Å²) < 4.78 is 0. The minimum Gasteiger partial charge on any atom is -0.483 e. The standard InChI is InChI=1S/CH2O2.H4N2.H3N.H2O/c2-1-3;1-2;;/h1H,(H,2,3);1-2H2;1H3;1H2. The van der Waals surface area contributed by atoms with E-state index in [0.29, 0.717) is 0 Å². The van der Waals surface area contributed by atoms with Crippen LogP contribution >= 0.6 is 0 Å². The monoisotopic (exact) mass is 113 g/mol. The van der Waals surface area contributed by atoms with Gasteiger partial charge in [0, 0.05) is 0 Å². The molecule has 0 aliphatic carbocycles. The Balaban J connectivity index is -0.0000000105. The Hall–Kier alpha value is -0.690. The molecule has 0 aliphatic heterocycles. The van der Waals surface area contributed by atoms with Crippen LogP contribution in [0.1, 0.15) is 0 Å². The maximum atomic E-state index is 8.36. The SMILES string of the molecule is N.NN.O.O=CO. The van der Waals surface area contributed by atoms with Crippen LogP contribution in [-0.4, -0.2) is 17.1 Å². The van der Waals surface area contributed by atoms with Crippen LogP contribution in [0.4, 0.5) is 0 Å². The van der Waals surface area contributed by atoms with E-state index in [1.807, 2.05) is 0 Å². The third-order valence-corrected chi connectivity index (χ3v) is 0. The molecule has 10 N–H and O–H groups in total. The van der Waals surface area contributed by atoms with Gasteiger partial charge in [-0.05, 0) is 0 Å². The van der Waals surface area contributed by atoms with Gasteiger partial charge < -0.3 is 16.7 Å². The molecule has 0 atom stereocenters. The van der Waals surface area contributed by atoms with E-state index in [-0.39, 0.29) is 18.1 Å². The highest BCUT2D eigenvalue weighted by Gasteiger charge is 1.22. The number of nitrogens with two attached hydrogens (primary N) is 2. The van der Waals surface area contributed by atoms with Crippen molar-refractivity contribution >= 4 is 6.47 Å². The minimum absolute atomic E-state index is 0. The van der Waals surface area contributed by atoms with Crippen molar-refractivity contribution in [3.8, 4) is 0 Å². The quantitative estimate of drug-likeness (QED) is 0.160. The molecule has 48 valence electrons. The molecular formula is CH11N3O3. The predicted octanol–water partition coefficient (Wildman–Crippen LogP) is -2.14. The van der Waals surface area contributed by atoms with Crippen LogP contribution in [-0.2, 0) is 4.79 Å². The summed E-state index contributed by atoms with van der Waals surface area (Å²) in [5.41, 5.74) is 0. The molecule has 0 saturated heterocycles. The van der Waals surface area contributed by atoms with Crippen LogP contribution in [0.3, 0.4) is 0 Å². The number of hydrazine groups is 1. The van der Waals surface area contributed by atoms with Crippen LogP contribution in [0.2, 0.25) is 0 Å². The summed E-state index contributed by atoms with van der Waals surface area (Å²) in [6, 6.07) is 0. The van der Waals surface area contributed by atoms with Crippen molar-refractivity contribution in [2.45, 2.75) is 0 Å². The van der Waals surface area contributed by atoms with Crippen molar-refractivity contribution < 1.29 is 15.4 Å². The molecule has 0 amide bonds. The third kappa shape index (κ3) is 122.